The van der Waals surface area contributed by atoms with E-state index in [0.717, 1.165) is 63.9 Å². The SMILES string of the molecule is CN=C(NCCc1ccc(F)c(Br)c1)N1CCC(N2CCOCC2)C1. The van der Waals surface area contributed by atoms with E-state index in [1.165, 1.54) is 12.5 Å². The van der Waals surface area contributed by atoms with Gasteiger partial charge in [0.2, 0.25) is 0 Å². The molecule has 0 radical (unpaired) electrons. The van der Waals surface area contributed by atoms with Crippen molar-refractivity contribution in [1.82, 2.24) is 15.1 Å². The second-order valence-electron chi connectivity index (χ2n) is 6.51. The normalized spacial score (nSPS) is 22.4. The van der Waals surface area contributed by atoms with Crippen molar-refractivity contribution in [3.8, 4) is 0 Å². The van der Waals surface area contributed by atoms with Crippen LogP contribution < -0.4 is 5.32 Å². The number of likely N-dealkylation sites (tertiary alicyclic amines) is 1. The first-order chi connectivity index (χ1) is 12.2. The van der Waals surface area contributed by atoms with E-state index in [9.17, 15) is 4.39 Å². The summed E-state index contributed by atoms with van der Waals surface area (Å²) in [6, 6.07) is 5.76. The van der Waals surface area contributed by atoms with Crippen LogP contribution in [0.1, 0.15) is 12.0 Å². The molecule has 0 spiro atoms. The van der Waals surface area contributed by atoms with E-state index >= 15 is 0 Å². The summed E-state index contributed by atoms with van der Waals surface area (Å²) in [5, 5.41) is 3.44. The zero-order valence-corrected chi connectivity index (χ0v) is 16.3. The van der Waals surface area contributed by atoms with E-state index in [4.69, 9.17) is 4.74 Å². The van der Waals surface area contributed by atoms with Gasteiger partial charge in [-0.05, 0) is 46.5 Å². The van der Waals surface area contributed by atoms with Crippen LogP contribution in [0.25, 0.3) is 0 Å². The van der Waals surface area contributed by atoms with Gasteiger partial charge in [0, 0.05) is 45.8 Å². The van der Waals surface area contributed by atoms with Crippen LogP contribution in [0, 0.1) is 5.82 Å². The third kappa shape index (κ3) is 4.92. The minimum absolute atomic E-state index is 0.223. The third-order valence-electron chi connectivity index (χ3n) is 4.92. The van der Waals surface area contributed by atoms with Gasteiger partial charge < -0.3 is 15.0 Å². The Balaban J connectivity index is 1.47. The van der Waals surface area contributed by atoms with Crippen molar-refractivity contribution in [3.05, 3.63) is 34.1 Å². The van der Waals surface area contributed by atoms with E-state index in [2.05, 4.69) is 36.0 Å². The summed E-state index contributed by atoms with van der Waals surface area (Å²) < 4.78 is 19.3. The lowest BCUT2D eigenvalue weighted by atomic mass is 10.1. The lowest BCUT2D eigenvalue weighted by molar-refractivity contribution is 0.0195. The Kier molecular flexibility index (Phi) is 6.67. The van der Waals surface area contributed by atoms with Gasteiger partial charge in [0.15, 0.2) is 5.96 Å². The summed E-state index contributed by atoms with van der Waals surface area (Å²) in [7, 11) is 1.83. The molecule has 1 aromatic rings. The van der Waals surface area contributed by atoms with Crippen LogP contribution in [0.3, 0.4) is 0 Å². The van der Waals surface area contributed by atoms with Crippen LogP contribution >= 0.6 is 15.9 Å². The second kappa shape index (κ2) is 8.96. The van der Waals surface area contributed by atoms with Crippen molar-refractivity contribution in [2.45, 2.75) is 18.9 Å². The Bertz CT molecular complexity index is 607. The molecule has 1 N–H and O–H groups in total. The summed E-state index contributed by atoms with van der Waals surface area (Å²) >= 11 is 3.24. The molecule has 2 fully saturated rings. The molecule has 0 aliphatic carbocycles. The molecule has 0 aromatic heterocycles. The van der Waals surface area contributed by atoms with Gasteiger partial charge in [-0.2, -0.15) is 0 Å². The predicted molar refractivity (Wildman–Crippen MR) is 102 cm³/mol. The number of nitrogens with zero attached hydrogens (tertiary/aromatic N) is 3. The zero-order chi connectivity index (χ0) is 17.6. The highest BCUT2D eigenvalue weighted by Gasteiger charge is 2.30. The van der Waals surface area contributed by atoms with Crippen LogP contribution in [0.5, 0.6) is 0 Å². The largest absolute Gasteiger partial charge is 0.379 e. The zero-order valence-electron chi connectivity index (χ0n) is 14.7. The average molecular weight is 413 g/mol. The molecule has 1 atom stereocenters. The molecule has 1 unspecified atom stereocenters. The van der Waals surface area contributed by atoms with E-state index in [1.54, 1.807) is 0 Å². The van der Waals surface area contributed by atoms with Crippen LogP contribution in [0.4, 0.5) is 4.39 Å². The molecule has 2 heterocycles. The summed E-state index contributed by atoms with van der Waals surface area (Å²) in [6.07, 6.45) is 2.00. The molecule has 1 aromatic carbocycles. The minimum atomic E-state index is -0.223. The van der Waals surface area contributed by atoms with Crippen molar-refractivity contribution in [3.63, 3.8) is 0 Å². The number of ether oxygens (including phenoxy) is 1. The Hall–Kier alpha value is -1.18. The Morgan fingerprint density at radius 3 is 2.88 bits per heavy atom. The van der Waals surface area contributed by atoms with Gasteiger partial charge in [-0.3, -0.25) is 9.89 Å². The monoisotopic (exact) mass is 412 g/mol. The molecule has 2 saturated heterocycles. The van der Waals surface area contributed by atoms with Gasteiger partial charge in [0.1, 0.15) is 5.82 Å². The molecular formula is C18H26BrFN4O. The van der Waals surface area contributed by atoms with E-state index in [-0.39, 0.29) is 5.82 Å². The number of hydrogen-bond acceptors (Lipinski definition) is 3. The molecule has 2 aliphatic rings. The fourth-order valence-corrected chi connectivity index (χ4v) is 3.95. The molecule has 0 bridgehead atoms. The van der Waals surface area contributed by atoms with Crippen molar-refractivity contribution >= 4 is 21.9 Å². The van der Waals surface area contributed by atoms with Crippen LogP contribution in [0.2, 0.25) is 0 Å². The smallest absolute Gasteiger partial charge is 0.193 e. The number of guanidine groups is 1. The number of halogens is 2. The van der Waals surface area contributed by atoms with Crippen molar-refractivity contribution in [1.29, 1.82) is 0 Å². The third-order valence-corrected chi connectivity index (χ3v) is 5.53. The first-order valence-corrected chi connectivity index (χ1v) is 9.68. The highest BCUT2D eigenvalue weighted by molar-refractivity contribution is 9.10. The highest BCUT2D eigenvalue weighted by atomic mass is 79.9. The minimum Gasteiger partial charge on any atom is -0.379 e. The highest BCUT2D eigenvalue weighted by Crippen LogP contribution is 2.18. The molecule has 138 valence electrons. The molecule has 5 nitrogen and oxygen atoms in total. The first kappa shape index (κ1) is 18.6. The summed E-state index contributed by atoms with van der Waals surface area (Å²) in [5.41, 5.74) is 1.10. The standard InChI is InChI=1S/C18H26BrFN4O/c1-21-18(22-6-4-14-2-3-17(20)16(19)12-14)24-7-5-15(13-24)23-8-10-25-11-9-23/h2-3,12,15H,4-11,13H2,1H3,(H,21,22). The quantitative estimate of drug-likeness (QED) is 0.607. The molecule has 7 heteroatoms. The van der Waals surface area contributed by atoms with Gasteiger partial charge in [0.25, 0.3) is 0 Å². The second-order valence-corrected chi connectivity index (χ2v) is 7.36. The predicted octanol–water partition coefficient (Wildman–Crippen LogP) is 2.11. The molecule has 2 aliphatic heterocycles. The van der Waals surface area contributed by atoms with Crippen LogP contribution in [0.15, 0.2) is 27.7 Å². The number of rotatable bonds is 4. The maximum absolute atomic E-state index is 13.3. The number of nitrogens with one attached hydrogen (secondary N) is 1. The number of hydrogen-bond donors (Lipinski definition) is 1. The van der Waals surface area contributed by atoms with Gasteiger partial charge >= 0.3 is 0 Å². The maximum atomic E-state index is 13.3. The fraction of sp³-hybridized carbons (Fsp3) is 0.611. The molecule has 0 saturated carbocycles. The maximum Gasteiger partial charge on any atom is 0.193 e. The number of aliphatic imine (C=N–C) groups is 1. The van der Waals surface area contributed by atoms with Gasteiger partial charge in [0.05, 0.1) is 17.7 Å². The number of morpholine rings is 1. The van der Waals surface area contributed by atoms with E-state index in [0.29, 0.717) is 10.5 Å². The Morgan fingerprint density at radius 2 is 2.16 bits per heavy atom. The van der Waals surface area contributed by atoms with Gasteiger partial charge in [-0.1, -0.05) is 6.07 Å². The molecule has 25 heavy (non-hydrogen) atoms. The lowest BCUT2D eigenvalue weighted by Gasteiger charge is -2.32. The molecular weight excluding hydrogens is 387 g/mol. The van der Waals surface area contributed by atoms with Crippen LogP contribution in [-0.2, 0) is 11.2 Å². The summed E-state index contributed by atoms with van der Waals surface area (Å²) in [4.78, 5) is 9.30. The van der Waals surface area contributed by atoms with Gasteiger partial charge in [-0.25, -0.2) is 4.39 Å². The summed E-state index contributed by atoms with van der Waals surface area (Å²) in [5.74, 6) is 0.732. The topological polar surface area (TPSA) is 40.1 Å². The lowest BCUT2D eigenvalue weighted by Crippen LogP contribution is -2.46. The van der Waals surface area contributed by atoms with Crippen molar-refractivity contribution in [2.24, 2.45) is 4.99 Å². The van der Waals surface area contributed by atoms with Gasteiger partial charge in [-0.15, -0.1) is 0 Å². The van der Waals surface area contributed by atoms with E-state index < -0.39 is 0 Å². The average Bonchev–Trinajstić information content (AvgIpc) is 3.12. The molecule has 0 amide bonds. The Labute approximate surface area is 157 Å². The summed E-state index contributed by atoms with van der Waals surface area (Å²) in [6.45, 7) is 6.58. The fourth-order valence-electron chi connectivity index (χ4n) is 3.52. The number of benzene rings is 1. The first-order valence-electron chi connectivity index (χ1n) is 8.88. The molecule has 3 rings (SSSR count). The van der Waals surface area contributed by atoms with Crippen molar-refractivity contribution < 1.29 is 9.13 Å². The van der Waals surface area contributed by atoms with Crippen LogP contribution in [-0.4, -0.2) is 74.8 Å². The van der Waals surface area contributed by atoms with E-state index in [1.807, 2.05) is 19.2 Å². The Morgan fingerprint density at radius 1 is 1.36 bits per heavy atom. The van der Waals surface area contributed by atoms with Crippen molar-refractivity contribution in [2.75, 3.05) is 53.0 Å².